The number of rotatable bonds is 10. The van der Waals surface area contributed by atoms with Crippen LogP contribution in [0.1, 0.15) is 36.8 Å². The lowest BCUT2D eigenvalue weighted by Gasteiger charge is -2.38. The minimum absolute atomic E-state index is 0.0419. The quantitative estimate of drug-likeness (QED) is 0.652. The van der Waals surface area contributed by atoms with Crippen LogP contribution in [0.2, 0.25) is 0 Å². The molecular weight excluding hydrogens is 326 g/mol. The first kappa shape index (κ1) is 18.7. The van der Waals surface area contributed by atoms with Gasteiger partial charge in [-0.1, -0.05) is 36.4 Å². The second-order valence-corrected chi connectivity index (χ2v) is 7.14. The Kier molecular flexibility index (Phi) is 6.53. The predicted octanol–water partition coefficient (Wildman–Crippen LogP) is 4.10. The van der Waals surface area contributed by atoms with Gasteiger partial charge in [-0.3, -0.25) is 0 Å². The van der Waals surface area contributed by atoms with Gasteiger partial charge in [-0.05, 0) is 48.9 Å². The van der Waals surface area contributed by atoms with Crippen molar-refractivity contribution in [3.63, 3.8) is 0 Å². The van der Waals surface area contributed by atoms with E-state index >= 15 is 0 Å². The monoisotopic (exact) mass is 355 g/mol. The molecule has 0 radical (unpaired) electrons. The molecule has 0 saturated heterocycles. The SMILES string of the molecule is COCCCOc1cc(CC2(N)CCC2)ccc1OCc1ccccc1. The molecule has 0 amide bonds. The highest BCUT2D eigenvalue weighted by Gasteiger charge is 2.32. The molecule has 4 heteroatoms. The third-order valence-corrected chi connectivity index (χ3v) is 4.90. The van der Waals surface area contributed by atoms with Gasteiger partial charge in [0, 0.05) is 25.7 Å². The maximum absolute atomic E-state index is 6.41. The van der Waals surface area contributed by atoms with Gasteiger partial charge >= 0.3 is 0 Å². The van der Waals surface area contributed by atoms with E-state index in [1.807, 2.05) is 24.3 Å². The van der Waals surface area contributed by atoms with Gasteiger partial charge < -0.3 is 19.9 Å². The third kappa shape index (κ3) is 5.23. The Hall–Kier alpha value is -2.04. The van der Waals surface area contributed by atoms with E-state index in [4.69, 9.17) is 19.9 Å². The first-order valence-corrected chi connectivity index (χ1v) is 9.39. The number of hydrogen-bond acceptors (Lipinski definition) is 4. The summed E-state index contributed by atoms with van der Waals surface area (Å²) >= 11 is 0. The zero-order chi connectivity index (χ0) is 18.2. The fourth-order valence-electron chi connectivity index (χ4n) is 3.23. The number of hydrogen-bond donors (Lipinski definition) is 1. The van der Waals surface area contributed by atoms with Crippen molar-refractivity contribution < 1.29 is 14.2 Å². The van der Waals surface area contributed by atoms with E-state index in [0.717, 1.165) is 42.7 Å². The first-order chi connectivity index (χ1) is 12.7. The van der Waals surface area contributed by atoms with Gasteiger partial charge in [0.05, 0.1) is 6.61 Å². The number of methoxy groups -OCH3 is 1. The highest BCUT2D eigenvalue weighted by Crippen LogP contribution is 2.35. The Labute approximate surface area is 156 Å². The van der Waals surface area contributed by atoms with Crippen LogP contribution in [0.3, 0.4) is 0 Å². The van der Waals surface area contributed by atoms with Crippen molar-refractivity contribution in [1.82, 2.24) is 0 Å². The average Bonchev–Trinajstić information content (AvgIpc) is 2.64. The molecule has 1 aliphatic carbocycles. The molecule has 2 aromatic carbocycles. The van der Waals surface area contributed by atoms with Crippen LogP contribution in [-0.2, 0) is 17.8 Å². The first-order valence-electron chi connectivity index (χ1n) is 9.39. The van der Waals surface area contributed by atoms with Crippen LogP contribution in [0.5, 0.6) is 11.5 Å². The molecule has 0 unspecified atom stereocenters. The predicted molar refractivity (Wildman–Crippen MR) is 104 cm³/mol. The van der Waals surface area contributed by atoms with Crippen molar-refractivity contribution in [3.8, 4) is 11.5 Å². The largest absolute Gasteiger partial charge is 0.490 e. The molecule has 0 heterocycles. The summed E-state index contributed by atoms with van der Waals surface area (Å²) in [5.41, 5.74) is 8.71. The smallest absolute Gasteiger partial charge is 0.161 e. The lowest BCUT2D eigenvalue weighted by Crippen LogP contribution is -2.48. The summed E-state index contributed by atoms with van der Waals surface area (Å²) in [7, 11) is 1.70. The number of nitrogens with two attached hydrogens (primary N) is 1. The topological polar surface area (TPSA) is 53.7 Å². The van der Waals surface area contributed by atoms with Crippen molar-refractivity contribution >= 4 is 0 Å². The Morgan fingerprint density at radius 3 is 2.42 bits per heavy atom. The Morgan fingerprint density at radius 1 is 0.923 bits per heavy atom. The molecule has 0 bridgehead atoms. The molecule has 0 atom stereocenters. The standard InChI is InChI=1S/C22H29NO3/c1-24-13-6-14-25-21-15-19(16-22(23)11-5-12-22)9-10-20(21)26-17-18-7-3-2-4-8-18/h2-4,7-10,15H,5-6,11-14,16-17,23H2,1H3. The zero-order valence-corrected chi connectivity index (χ0v) is 15.6. The van der Waals surface area contributed by atoms with Crippen LogP contribution in [0.15, 0.2) is 48.5 Å². The molecule has 0 aliphatic heterocycles. The fraction of sp³-hybridized carbons (Fsp3) is 0.455. The van der Waals surface area contributed by atoms with Gasteiger partial charge in [-0.2, -0.15) is 0 Å². The molecule has 1 aliphatic rings. The lowest BCUT2D eigenvalue weighted by molar-refractivity contribution is 0.169. The number of ether oxygens (including phenoxy) is 3. The molecule has 0 spiro atoms. The number of benzene rings is 2. The van der Waals surface area contributed by atoms with E-state index in [-0.39, 0.29) is 5.54 Å². The Bertz CT molecular complexity index is 683. The summed E-state index contributed by atoms with van der Waals surface area (Å²) < 4.78 is 17.1. The van der Waals surface area contributed by atoms with Crippen LogP contribution in [0.4, 0.5) is 0 Å². The summed E-state index contributed by atoms with van der Waals surface area (Å²) in [6.07, 6.45) is 5.17. The molecule has 1 fully saturated rings. The van der Waals surface area contributed by atoms with Crippen molar-refractivity contribution in [2.24, 2.45) is 5.73 Å². The molecule has 140 valence electrons. The fourth-order valence-corrected chi connectivity index (χ4v) is 3.23. The van der Waals surface area contributed by atoms with E-state index in [0.29, 0.717) is 19.8 Å². The van der Waals surface area contributed by atoms with E-state index in [1.54, 1.807) is 7.11 Å². The average molecular weight is 355 g/mol. The maximum atomic E-state index is 6.41. The van der Waals surface area contributed by atoms with Gasteiger partial charge in [-0.25, -0.2) is 0 Å². The van der Waals surface area contributed by atoms with E-state index < -0.39 is 0 Å². The molecule has 3 rings (SSSR count). The minimum Gasteiger partial charge on any atom is -0.490 e. The van der Waals surface area contributed by atoms with Crippen LogP contribution < -0.4 is 15.2 Å². The van der Waals surface area contributed by atoms with Gasteiger partial charge in [0.25, 0.3) is 0 Å². The Morgan fingerprint density at radius 2 is 1.73 bits per heavy atom. The van der Waals surface area contributed by atoms with Crippen molar-refractivity contribution in [2.75, 3.05) is 20.3 Å². The molecule has 26 heavy (non-hydrogen) atoms. The summed E-state index contributed by atoms with van der Waals surface area (Å²) in [5, 5.41) is 0. The molecular formula is C22H29NO3. The summed E-state index contributed by atoms with van der Waals surface area (Å²) in [4.78, 5) is 0. The summed E-state index contributed by atoms with van der Waals surface area (Å²) in [6.45, 7) is 1.81. The molecule has 2 N–H and O–H groups in total. The molecule has 1 saturated carbocycles. The second-order valence-electron chi connectivity index (χ2n) is 7.14. The molecule has 2 aromatic rings. The van der Waals surface area contributed by atoms with Crippen molar-refractivity contribution in [1.29, 1.82) is 0 Å². The lowest BCUT2D eigenvalue weighted by atomic mass is 9.74. The normalized spacial score (nSPS) is 15.3. The van der Waals surface area contributed by atoms with E-state index in [2.05, 4.69) is 24.3 Å². The van der Waals surface area contributed by atoms with Crippen molar-refractivity contribution in [3.05, 3.63) is 59.7 Å². The van der Waals surface area contributed by atoms with Gasteiger partial charge in [-0.15, -0.1) is 0 Å². The summed E-state index contributed by atoms with van der Waals surface area (Å²) in [5.74, 6) is 1.56. The van der Waals surface area contributed by atoms with Crippen LogP contribution >= 0.6 is 0 Å². The van der Waals surface area contributed by atoms with Crippen molar-refractivity contribution in [2.45, 2.75) is 44.2 Å². The van der Waals surface area contributed by atoms with Gasteiger partial charge in [0.15, 0.2) is 11.5 Å². The third-order valence-electron chi connectivity index (χ3n) is 4.90. The van der Waals surface area contributed by atoms with Crippen LogP contribution in [0, 0.1) is 0 Å². The highest BCUT2D eigenvalue weighted by atomic mass is 16.5. The molecule has 4 nitrogen and oxygen atoms in total. The second kappa shape index (κ2) is 9.06. The summed E-state index contributed by atoms with van der Waals surface area (Å²) in [6, 6.07) is 16.4. The van der Waals surface area contributed by atoms with Gasteiger partial charge in [0.2, 0.25) is 0 Å². The van der Waals surface area contributed by atoms with E-state index in [9.17, 15) is 0 Å². The highest BCUT2D eigenvalue weighted by molar-refractivity contribution is 5.43. The zero-order valence-electron chi connectivity index (χ0n) is 15.6. The molecule has 0 aromatic heterocycles. The minimum atomic E-state index is -0.0419. The Balaban J connectivity index is 1.68. The van der Waals surface area contributed by atoms with Crippen LogP contribution in [0.25, 0.3) is 0 Å². The maximum Gasteiger partial charge on any atom is 0.161 e. The van der Waals surface area contributed by atoms with E-state index in [1.165, 1.54) is 12.0 Å². The van der Waals surface area contributed by atoms with Gasteiger partial charge in [0.1, 0.15) is 6.61 Å². The van der Waals surface area contributed by atoms with Crippen LogP contribution in [-0.4, -0.2) is 25.9 Å².